The Morgan fingerprint density at radius 3 is 2.39 bits per heavy atom. The molecule has 0 atom stereocenters. The van der Waals surface area contributed by atoms with Gasteiger partial charge in [0.25, 0.3) is 0 Å². The predicted octanol–water partition coefficient (Wildman–Crippen LogP) is 4.03. The second-order valence-electron chi connectivity index (χ2n) is 7.88. The normalized spacial score (nSPS) is 15.0. The zero-order valence-electron chi connectivity index (χ0n) is 19.7. The number of halogens is 1. The molecule has 0 spiro atoms. The van der Waals surface area contributed by atoms with Crippen LogP contribution in [0.5, 0.6) is 0 Å². The Morgan fingerprint density at radius 2 is 1.74 bits per heavy atom. The summed E-state index contributed by atoms with van der Waals surface area (Å²) in [6.07, 6.45) is 3.24. The number of benzene rings is 1. The van der Waals surface area contributed by atoms with Crippen LogP contribution in [0.25, 0.3) is 0 Å². The first kappa shape index (κ1) is 28.1. The molecule has 178 valence electrons. The van der Waals surface area contributed by atoms with Crippen molar-refractivity contribution in [2.75, 3.05) is 52.6 Å². The van der Waals surface area contributed by atoms with Crippen LogP contribution in [0.4, 0.5) is 0 Å². The van der Waals surface area contributed by atoms with Crippen LogP contribution in [-0.2, 0) is 22.6 Å². The van der Waals surface area contributed by atoms with Crippen molar-refractivity contribution < 1.29 is 9.47 Å². The summed E-state index contributed by atoms with van der Waals surface area (Å²) in [5.41, 5.74) is 2.59. The highest BCUT2D eigenvalue weighted by Crippen LogP contribution is 2.14. The quantitative estimate of drug-likeness (QED) is 0.169. The van der Waals surface area contributed by atoms with E-state index in [0.29, 0.717) is 12.5 Å². The Labute approximate surface area is 206 Å². The average molecular weight is 547 g/mol. The minimum Gasteiger partial charge on any atom is -0.381 e. The largest absolute Gasteiger partial charge is 0.381 e. The summed E-state index contributed by atoms with van der Waals surface area (Å²) < 4.78 is 11.2. The van der Waals surface area contributed by atoms with Crippen molar-refractivity contribution >= 4 is 29.9 Å². The van der Waals surface area contributed by atoms with Gasteiger partial charge in [0.05, 0.1) is 6.54 Å². The first-order valence-corrected chi connectivity index (χ1v) is 11.7. The highest BCUT2D eigenvalue weighted by molar-refractivity contribution is 14.0. The van der Waals surface area contributed by atoms with E-state index in [4.69, 9.17) is 14.5 Å². The van der Waals surface area contributed by atoms with Gasteiger partial charge in [-0.1, -0.05) is 38.1 Å². The monoisotopic (exact) mass is 546 g/mol. The highest BCUT2D eigenvalue weighted by Gasteiger charge is 2.13. The number of nitrogens with zero attached hydrogens (tertiary/aromatic N) is 2. The molecule has 1 saturated heterocycles. The molecular weight excluding hydrogens is 503 g/mol. The molecule has 1 aromatic rings. The smallest absolute Gasteiger partial charge is 0.191 e. The van der Waals surface area contributed by atoms with Gasteiger partial charge in [0.1, 0.15) is 0 Å². The van der Waals surface area contributed by atoms with Crippen LogP contribution in [0.15, 0.2) is 29.3 Å². The molecule has 0 aliphatic carbocycles. The van der Waals surface area contributed by atoms with Crippen LogP contribution in [-0.4, -0.2) is 63.5 Å². The fraction of sp³-hybridized carbons (Fsp3) is 0.708. The second kappa shape index (κ2) is 17.6. The maximum atomic E-state index is 5.84. The molecule has 7 heteroatoms. The fourth-order valence-electron chi connectivity index (χ4n) is 3.51. The van der Waals surface area contributed by atoms with Gasteiger partial charge in [-0.25, -0.2) is 4.99 Å². The number of nitrogens with one attached hydrogen (secondary N) is 2. The fourth-order valence-corrected chi connectivity index (χ4v) is 3.51. The molecule has 2 rings (SSSR count). The van der Waals surface area contributed by atoms with Crippen LogP contribution in [0.3, 0.4) is 0 Å². The Kier molecular flexibility index (Phi) is 16.0. The van der Waals surface area contributed by atoms with E-state index in [1.54, 1.807) is 0 Å². The number of hydrogen-bond acceptors (Lipinski definition) is 4. The van der Waals surface area contributed by atoms with E-state index in [-0.39, 0.29) is 24.0 Å². The number of rotatable bonds is 13. The molecule has 1 fully saturated rings. The lowest BCUT2D eigenvalue weighted by molar-refractivity contribution is 0.0203. The van der Waals surface area contributed by atoms with E-state index in [2.05, 4.69) is 60.6 Å². The van der Waals surface area contributed by atoms with Crippen molar-refractivity contribution in [2.45, 2.75) is 53.1 Å². The van der Waals surface area contributed by atoms with Crippen LogP contribution < -0.4 is 10.6 Å². The Hall–Kier alpha value is -0.900. The molecule has 0 unspecified atom stereocenters. The second-order valence-corrected chi connectivity index (χ2v) is 7.88. The van der Waals surface area contributed by atoms with Crippen molar-refractivity contribution in [3.63, 3.8) is 0 Å². The lowest BCUT2D eigenvalue weighted by Crippen LogP contribution is -2.38. The van der Waals surface area contributed by atoms with Crippen LogP contribution >= 0.6 is 24.0 Å². The minimum absolute atomic E-state index is 0. The third-order valence-corrected chi connectivity index (χ3v) is 5.54. The molecular formula is C24H43IN4O2. The van der Waals surface area contributed by atoms with Gasteiger partial charge < -0.3 is 20.1 Å². The lowest BCUT2D eigenvalue weighted by atomic mass is 10.0. The standard InChI is InChI=1S/C24H42N4O2.HI/c1-4-25-24(26-14-7-15-30-20-23-12-16-29-17-13-23)27-18-21-8-10-22(11-9-21)19-28(5-2)6-3;/h8-11,23H,4-7,12-20H2,1-3H3,(H2,25,26,27);1H. The zero-order valence-corrected chi connectivity index (χ0v) is 22.0. The molecule has 1 heterocycles. The van der Waals surface area contributed by atoms with E-state index < -0.39 is 0 Å². The summed E-state index contributed by atoms with van der Waals surface area (Å²) in [7, 11) is 0. The van der Waals surface area contributed by atoms with Gasteiger partial charge in [-0.2, -0.15) is 0 Å². The first-order valence-electron chi connectivity index (χ1n) is 11.7. The first-order chi connectivity index (χ1) is 14.7. The summed E-state index contributed by atoms with van der Waals surface area (Å²) in [4.78, 5) is 7.15. The van der Waals surface area contributed by atoms with Crippen LogP contribution in [0, 0.1) is 5.92 Å². The zero-order chi connectivity index (χ0) is 21.4. The summed E-state index contributed by atoms with van der Waals surface area (Å²) in [5, 5.41) is 6.74. The molecule has 1 aliphatic rings. The Balaban J connectivity index is 0.00000480. The molecule has 2 N–H and O–H groups in total. The molecule has 1 aliphatic heterocycles. The Morgan fingerprint density at radius 1 is 1.06 bits per heavy atom. The van der Waals surface area contributed by atoms with Crippen LogP contribution in [0.2, 0.25) is 0 Å². The highest BCUT2D eigenvalue weighted by atomic mass is 127. The van der Waals surface area contributed by atoms with Gasteiger partial charge in [-0.15, -0.1) is 24.0 Å². The minimum atomic E-state index is 0. The topological polar surface area (TPSA) is 58.1 Å². The van der Waals surface area contributed by atoms with Crippen molar-refractivity contribution in [3.8, 4) is 0 Å². The van der Waals surface area contributed by atoms with E-state index in [1.165, 1.54) is 11.1 Å². The summed E-state index contributed by atoms with van der Waals surface area (Å²) in [6.45, 7) is 15.5. The van der Waals surface area contributed by atoms with Gasteiger partial charge in [0.2, 0.25) is 0 Å². The van der Waals surface area contributed by atoms with Gasteiger partial charge >= 0.3 is 0 Å². The summed E-state index contributed by atoms with van der Waals surface area (Å²) in [5.74, 6) is 1.54. The molecule has 1 aromatic carbocycles. The number of aliphatic imine (C=N–C) groups is 1. The van der Waals surface area contributed by atoms with E-state index in [0.717, 1.165) is 84.4 Å². The Bertz CT molecular complexity index is 588. The molecule has 0 radical (unpaired) electrons. The maximum Gasteiger partial charge on any atom is 0.191 e. The van der Waals surface area contributed by atoms with Crippen molar-refractivity contribution in [3.05, 3.63) is 35.4 Å². The number of ether oxygens (including phenoxy) is 2. The van der Waals surface area contributed by atoms with Crippen molar-refractivity contribution in [2.24, 2.45) is 10.9 Å². The third kappa shape index (κ3) is 12.1. The summed E-state index contributed by atoms with van der Waals surface area (Å²) >= 11 is 0. The SMILES string of the molecule is CCNC(=NCc1ccc(CN(CC)CC)cc1)NCCCOCC1CCOCC1.I. The van der Waals surface area contributed by atoms with Crippen molar-refractivity contribution in [1.29, 1.82) is 0 Å². The average Bonchev–Trinajstić information content (AvgIpc) is 2.79. The molecule has 0 bridgehead atoms. The van der Waals surface area contributed by atoms with Gasteiger partial charge in [-0.3, -0.25) is 4.90 Å². The maximum absolute atomic E-state index is 5.84. The van der Waals surface area contributed by atoms with E-state index in [9.17, 15) is 0 Å². The van der Waals surface area contributed by atoms with Crippen LogP contribution in [0.1, 0.15) is 51.2 Å². The summed E-state index contributed by atoms with van der Waals surface area (Å²) in [6, 6.07) is 8.82. The lowest BCUT2D eigenvalue weighted by Gasteiger charge is -2.21. The number of hydrogen-bond donors (Lipinski definition) is 2. The van der Waals surface area contributed by atoms with Gasteiger partial charge in [-0.05, 0) is 56.3 Å². The third-order valence-electron chi connectivity index (χ3n) is 5.54. The van der Waals surface area contributed by atoms with Gasteiger partial charge in [0.15, 0.2) is 5.96 Å². The van der Waals surface area contributed by atoms with Gasteiger partial charge in [0, 0.05) is 46.1 Å². The molecule has 6 nitrogen and oxygen atoms in total. The molecule has 0 saturated carbocycles. The van der Waals surface area contributed by atoms with Crippen molar-refractivity contribution in [1.82, 2.24) is 15.5 Å². The molecule has 0 aromatic heterocycles. The molecule has 31 heavy (non-hydrogen) atoms. The molecule has 0 amide bonds. The number of guanidine groups is 1. The predicted molar refractivity (Wildman–Crippen MR) is 140 cm³/mol. The van der Waals surface area contributed by atoms with E-state index in [1.807, 2.05) is 0 Å². The van der Waals surface area contributed by atoms with E-state index >= 15 is 0 Å².